The summed E-state index contributed by atoms with van der Waals surface area (Å²) < 4.78 is 13.0. The number of fused-ring (bicyclic) bond motifs is 6. The van der Waals surface area contributed by atoms with Gasteiger partial charge in [-0.15, -0.1) is 0 Å². The number of aromatic nitrogens is 4. The molecule has 11 rings (SSSR count). The van der Waals surface area contributed by atoms with Crippen LogP contribution in [0.1, 0.15) is 0 Å². The van der Waals surface area contributed by atoms with Gasteiger partial charge in [-0.05, 0) is 58.7 Å². The van der Waals surface area contributed by atoms with E-state index in [0.717, 1.165) is 93.9 Å². The minimum absolute atomic E-state index is 0.599. The Labute approximate surface area is 321 Å². The SMILES string of the molecule is c1ccc(-c2nc(-c3ccc(-c4ccc(-c5cccc6oc7ccccc7c56)c5oc6ccccc6c45)cc3)nc(-c3cccc(-c4cccnc4)c3)n2)cc1. The zero-order chi connectivity index (χ0) is 37.0. The molecule has 11 aromatic rings. The number of hydrogen-bond donors (Lipinski definition) is 0. The van der Waals surface area contributed by atoms with Crippen LogP contribution in [0.25, 0.3) is 111 Å². The van der Waals surface area contributed by atoms with E-state index in [1.54, 1.807) is 6.20 Å². The van der Waals surface area contributed by atoms with Gasteiger partial charge in [-0.2, -0.15) is 0 Å². The molecule has 56 heavy (non-hydrogen) atoms. The number of rotatable bonds is 6. The molecule has 4 heterocycles. The van der Waals surface area contributed by atoms with Gasteiger partial charge in [0.25, 0.3) is 0 Å². The molecular formula is C50H30N4O2. The molecule has 0 fully saturated rings. The minimum atomic E-state index is 0.599. The van der Waals surface area contributed by atoms with Crippen molar-refractivity contribution < 1.29 is 8.83 Å². The number of para-hydroxylation sites is 2. The van der Waals surface area contributed by atoms with Crippen LogP contribution in [0.4, 0.5) is 0 Å². The molecule has 0 radical (unpaired) electrons. The van der Waals surface area contributed by atoms with E-state index < -0.39 is 0 Å². The van der Waals surface area contributed by atoms with Crippen molar-refractivity contribution in [2.24, 2.45) is 0 Å². The summed E-state index contributed by atoms with van der Waals surface area (Å²) in [7, 11) is 0. The molecule has 0 amide bonds. The van der Waals surface area contributed by atoms with Gasteiger partial charge in [0.05, 0.1) is 0 Å². The Morgan fingerprint density at radius 2 is 0.911 bits per heavy atom. The van der Waals surface area contributed by atoms with Crippen molar-refractivity contribution >= 4 is 43.9 Å². The molecule has 0 aliphatic heterocycles. The molecule has 7 aromatic carbocycles. The molecule has 6 heteroatoms. The fraction of sp³-hybridized carbons (Fsp3) is 0. The van der Waals surface area contributed by atoms with E-state index in [1.165, 1.54) is 0 Å². The highest BCUT2D eigenvalue weighted by Crippen LogP contribution is 2.45. The first-order valence-electron chi connectivity index (χ1n) is 18.5. The van der Waals surface area contributed by atoms with Gasteiger partial charge in [0.1, 0.15) is 22.3 Å². The van der Waals surface area contributed by atoms with Gasteiger partial charge in [0.15, 0.2) is 17.5 Å². The molecule has 262 valence electrons. The summed E-state index contributed by atoms with van der Waals surface area (Å²) in [6, 6.07) is 57.8. The zero-order valence-electron chi connectivity index (χ0n) is 29.9. The van der Waals surface area contributed by atoms with Crippen molar-refractivity contribution in [3.8, 4) is 67.5 Å². The molecule has 0 bridgehead atoms. The molecule has 0 saturated carbocycles. The summed E-state index contributed by atoms with van der Waals surface area (Å²) in [5.41, 5.74) is 12.4. The van der Waals surface area contributed by atoms with E-state index in [4.69, 9.17) is 23.8 Å². The maximum Gasteiger partial charge on any atom is 0.164 e. The zero-order valence-corrected chi connectivity index (χ0v) is 29.9. The Morgan fingerprint density at radius 1 is 0.339 bits per heavy atom. The van der Waals surface area contributed by atoms with Crippen molar-refractivity contribution in [3.63, 3.8) is 0 Å². The molecule has 6 nitrogen and oxygen atoms in total. The highest BCUT2D eigenvalue weighted by Gasteiger charge is 2.21. The van der Waals surface area contributed by atoms with E-state index in [1.807, 2.05) is 85.1 Å². The lowest BCUT2D eigenvalue weighted by atomic mass is 9.92. The van der Waals surface area contributed by atoms with Gasteiger partial charge < -0.3 is 8.83 Å². The first-order valence-corrected chi connectivity index (χ1v) is 18.5. The quantitative estimate of drug-likeness (QED) is 0.170. The summed E-state index contributed by atoms with van der Waals surface area (Å²) in [6.07, 6.45) is 3.65. The van der Waals surface area contributed by atoms with Crippen LogP contribution in [0.3, 0.4) is 0 Å². The van der Waals surface area contributed by atoms with Crippen molar-refractivity contribution in [2.75, 3.05) is 0 Å². The monoisotopic (exact) mass is 718 g/mol. The normalized spacial score (nSPS) is 11.6. The predicted molar refractivity (Wildman–Crippen MR) is 225 cm³/mol. The molecule has 0 N–H and O–H groups in total. The van der Waals surface area contributed by atoms with Gasteiger partial charge >= 0.3 is 0 Å². The van der Waals surface area contributed by atoms with Crippen molar-refractivity contribution in [2.45, 2.75) is 0 Å². The number of pyridine rings is 1. The fourth-order valence-corrected chi connectivity index (χ4v) is 7.80. The van der Waals surface area contributed by atoms with Crippen LogP contribution in [0, 0.1) is 0 Å². The Morgan fingerprint density at radius 3 is 1.68 bits per heavy atom. The van der Waals surface area contributed by atoms with Crippen LogP contribution >= 0.6 is 0 Å². The smallest absolute Gasteiger partial charge is 0.164 e. The number of benzene rings is 7. The summed E-state index contributed by atoms with van der Waals surface area (Å²) in [5.74, 6) is 1.82. The Kier molecular flexibility index (Phi) is 7.38. The summed E-state index contributed by atoms with van der Waals surface area (Å²) >= 11 is 0. The first-order chi connectivity index (χ1) is 27.7. The van der Waals surface area contributed by atoms with Gasteiger partial charge in [-0.3, -0.25) is 4.98 Å². The van der Waals surface area contributed by atoms with Crippen LogP contribution in [-0.4, -0.2) is 19.9 Å². The third-order valence-corrected chi connectivity index (χ3v) is 10.5. The molecule has 0 unspecified atom stereocenters. The molecule has 0 saturated heterocycles. The lowest BCUT2D eigenvalue weighted by Gasteiger charge is -2.11. The fourth-order valence-electron chi connectivity index (χ4n) is 7.80. The van der Waals surface area contributed by atoms with E-state index in [2.05, 4.69) is 96.0 Å². The third-order valence-electron chi connectivity index (χ3n) is 10.5. The average molecular weight is 719 g/mol. The van der Waals surface area contributed by atoms with Crippen LogP contribution in [0.5, 0.6) is 0 Å². The minimum Gasteiger partial charge on any atom is -0.456 e. The first kappa shape index (κ1) is 31.8. The van der Waals surface area contributed by atoms with Crippen LogP contribution in [-0.2, 0) is 0 Å². The molecule has 0 aliphatic carbocycles. The van der Waals surface area contributed by atoms with Crippen LogP contribution in [0.15, 0.2) is 191 Å². The summed E-state index contributed by atoms with van der Waals surface area (Å²) in [4.78, 5) is 19.3. The van der Waals surface area contributed by atoms with E-state index >= 15 is 0 Å². The molecular weight excluding hydrogens is 689 g/mol. The van der Waals surface area contributed by atoms with Crippen LogP contribution in [0.2, 0.25) is 0 Å². The van der Waals surface area contributed by atoms with Gasteiger partial charge in [0, 0.05) is 61.8 Å². The molecule has 0 spiro atoms. The maximum atomic E-state index is 6.72. The second-order valence-corrected chi connectivity index (χ2v) is 13.8. The lowest BCUT2D eigenvalue weighted by molar-refractivity contribution is 0.668. The standard InChI is InChI=1S/C50H30N4O2/c1-2-11-32(12-3-1)48-52-49(54-50(53-48)35-14-8-13-34(29-35)36-15-10-28-51-30-36)33-24-22-31(23-25-33)37-26-27-39(47-46(37)41-17-5-7-20-43(41)56-47)38-18-9-21-44-45(38)40-16-4-6-19-42(40)55-44/h1-30H. The highest BCUT2D eigenvalue weighted by atomic mass is 16.3. The third kappa shape index (κ3) is 5.35. The average Bonchev–Trinajstić information content (AvgIpc) is 3.86. The molecule has 0 aliphatic rings. The predicted octanol–water partition coefficient (Wildman–Crippen LogP) is 13.1. The van der Waals surface area contributed by atoms with Gasteiger partial charge in [-0.25, -0.2) is 15.0 Å². The van der Waals surface area contributed by atoms with Crippen molar-refractivity contribution in [3.05, 3.63) is 182 Å². The number of furan rings is 2. The number of nitrogens with zero attached hydrogens (tertiary/aromatic N) is 4. The highest BCUT2D eigenvalue weighted by molar-refractivity contribution is 6.20. The van der Waals surface area contributed by atoms with Gasteiger partial charge in [0.2, 0.25) is 0 Å². The Hall–Kier alpha value is -7.70. The largest absolute Gasteiger partial charge is 0.456 e. The Bertz CT molecular complexity index is 3240. The second kappa shape index (κ2) is 13.0. The summed E-state index contributed by atoms with van der Waals surface area (Å²) in [6.45, 7) is 0. The molecule has 0 atom stereocenters. The van der Waals surface area contributed by atoms with E-state index in [0.29, 0.717) is 17.5 Å². The number of hydrogen-bond acceptors (Lipinski definition) is 6. The molecule has 4 aromatic heterocycles. The van der Waals surface area contributed by atoms with Crippen molar-refractivity contribution in [1.82, 2.24) is 19.9 Å². The topological polar surface area (TPSA) is 77.8 Å². The maximum absolute atomic E-state index is 6.72. The van der Waals surface area contributed by atoms with Crippen LogP contribution < -0.4 is 0 Å². The lowest BCUT2D eigenvalue weighted by Crippen LogP contribution is -2.00. The summed E-state index contributed by atoms with van der Waals surface area (Å²) in [5, 5.41) is 4.30. The van der Waals surface area contributed by atoms with E-state index in [9.17, 15) is 0 Å². The van der Waals surface area contributed by atoms with Gasteiger partial charge in [-0.1, -0.05) is 133 Å². The van der Waals surface area contributed by atoms with Crippen molar-refractivity contribution in [1.29, 1.82) is 0 Å². The van der Waals surface area contributed by atoms with E-state index in [-0.39, 0.29) is 0 Å². The second-order valence-electron chi connectivity index (χ2n) is 13.8. The Balaban J connectivity index is 1.04.